The highest BCUT2D eigenvalue weighted by atomic mass is 32.1. The Bertz CT molecular complexity index is 626. The first-order chi connectivity index (χ1) is 8.82. The number of nitrogens with one attached hydrogen (secondary N) is 1. The molecule has 5 nitrogen and oxygen atoms in total. The van der Waals surface area contributed by atoms with Gasteiger partial charge < -0.3 is 11.1 Å². The van der Waals surface area contributed by atoms with Crippen molar-refractivity contribution in [1.82, 2.24) is 15.1 Å². The molecule has 0 spiro atoms. The number of aryl methyl sites for hydroxylation is 2. The number of nitrogens with zero attached hydrogens (tertiary/aromatic N) is 2. The molecular weight excluding hydrogens is 260 g/mol. The first-order valence-corrected chi connectivity index (χ1v) is 7.17. The zero-order chi connectivity index (χ0) is 14.3. The lowest BCUT2D eigenvalue weighted by molar-refractivity contribution is 0.0935. The standard InChI is InChI=1S/C13H20N4OS/c1-6(2)7(3)15-12(18)11-10(14)9-8(4)16-17(5)13(9)19-11/h6-7H,14H2,1-5H3,(H,15,18). The minimum atomic E-state index is -0.0979. The molecule has 2 rings (SSSR count). The molecule has 1 unspecified atom stereocenters. The number of carbonyl (C=O) groups excluding carboxylic acids is 1. The molecule has 0 aliphatic rings. The SMILES string of the molecule is Cc1nn(C)c2sc(C(=O)NC(C)C(C)C)c(N)c12. The summed E-state index contributed by atoms with van der Waals surface area (Å²) >= 11 is 1.40. The second kappa shape index (κ2) is 4.85. The van der Waals surface area contributed by atoms with Gasteiger partial charge in [0.1, 0.15) is 9.71 Å². The molecule has 0 radical (unpaired) electrons. The van der Waals surface area contributed by atoms with Gasteiger partial charge in [-0.05, 0) is 19.8 Å². The first-order valence-electron chi connectivity index (χ1n) is 6.35. The van der Waals surface area contributed by atoms with Gasteiger partial charge in [0, 0.05) is 13.1 Å². The van der Waals surface area contributed by atoms with Gasteiger partial charge in [-0.2, -0.15) is 5.10 Å². The van der Waals surface area contributed by atoms with Crippen LogP contribution in [0.25, 0.3) is 10.2 Å². The maximum atomic E-state index is 12.3. The highest BCUT2D eigenvalue weighted by molar-refractivity contribution is 7.21. The number of fused-ring (bicyclic) bond motifs is 1. The summed E-state index contributed by atoms with van der Waals surface area (Å²) in [6, 6.07) is 0.122. The monoisotopic (exact) mass is 280 g/mol. The van der Waals surface area contributed by atoms with Crippen molar-refractivity contribution >= 4 is 33.1 Å². The highest BCUT2D eigenvalue weighted by Gasteiger charge is 2.22. The summed E-state index contributed by atoms with van der Waals surface area (Å²) in [6.07, 6.45) is 0. The van der Waals surface area contributed by atoms with E-state index in [2.05, 4.69) is 24.3 Å². The molecule has 2 aromatic rings. The van der Waals surface area contributed by atoms with E-state index < -0.39 is 0 Å². The van der Waals surface area contributed by atoms with Crippen molar-refractivity contribution in [2.45, 2.75) is 33.7 Å². The summed E-state index contributed by atoms with van der Waals surface area (Å²) in [7, 11) is 1.86. The van der Waals surface area contributed by atoms with Crippen molar-refractivity contribution in [2.24, 2.45) is 13.0 Å². The molecule has 104 valence electrons. The van der Waals surface area contributed by atoms with E-state index in [1.807, 2.05) is 20.9 Å². The number of amides is 1. The maximum absolute atomic E-state index is 12.3. The topological polar surface area (TPSA) is 72.9 Å². The molecule has 1 amide bonds. The van der Waals surface area contributed by atoms with Crippen molar-refractivity contribution in [2.75, 3.05) is 5.73 Å². The summed E-state index contributed by atoms with van der Waals surface area (Å²) in [4.78, 5) is 13.8. The van der Waals surface area contributed by atoms with Crippen LogP contribution >= 0.6 is 11.3 Å². The van der Waals surface area contributed by atoms with Crippen LogP contribution in [0.15, 0.2) is 0 Å². The molecule has 19 heavy (non-hydrogen) atoms. The predicted octanol–water partition coefficient (Wildman–Crippen LogP) is 2.30. The minimum absolute atomic E-state index is 0.0979. The fraction of sp³-hybridized carbons (Fsp3) is 0.538. The summed E-state index contributed by atoms with van der Waals surface area (Å²) in [5, 5.41) is 8.20. The van der Waals surface area contributed by atoms with E-state index in [1.165, 1.54) is 11.3 Å². The van der Waals surface area contributed by atoms with Crippen LogP contribution in [0.5, 0.6) is 0 Å². The van der Waals surface area contributed by atoms with E-state index in [9.17, 15) is 4.79 Å². The Morgan fingerprint density at radius 1 is 1.42 bits per heavy atom. The molecule has 0 aromatic carbocycles. The molecule has 2 heterocycles. The quantitative estimate of drug-likeness (QED) is 0.906. The van der Waals surface area contributed by atoms with Crippen LogP contribution in [0, 0.1) is 12.8 Å². The number of thiophene rings is 1. The van der Waals surface area contributed by atoms with Gasteiger partial charge in [-0.15, -0.1) is 11.3 Å². The molecule has 3 N–H and O–H groups in total. The Morgan fingerprint density at radius 3 is 2.58 bits per heavy atom. The van der Waals surface area contributed by atoms with E-state index in [0.717, 1.165) is 15.9 Å². The number of carbonyl (C=O) groups is 1. The maximum Gasteiger partial charge on any atom is 0.263 e. The van der Waals surface area contributed by atoms with Crippen LogP contribution < -0.4 is 11.1 Å². The van der Waals surface area contributed by atoms with E-state index in [0.29, 0.717) is 16.5 Å². The third kappa shape index (κ3) is 2.32. The normalized spacial score (nSPS) is 13.2. The fourth-order valence-electron chi connectivity index (χ4n) is 1.94. The van der Waals surface area contributed by atoms with Crippen LogP contribution in [0.4, 0.5) is 5.69 Å². The number of nitrogen functional groups attached to an aromatic ring is 1. The Kier molecular flexibility index (Phi) is 3.54. The Labute approximate surface area is 116 Å². The van der Waals surface area contributed by atoms with Gasteiger partial charge in [-0.3, -0.25) is 9.48 Å². The van der Waals surface area contributed by atoms with Gasteiger partial charge in [0.05, 0.1) is 16.8 Å². The second-order valence-electron chi connectivity index (χ2n) is 5.24. The molecular formula is C13H20N4OS. The van der Waals surface area contributed by atoms with E-state index in [4.69, 9.17) is 5.73 Å². The smallest absolute Gasteiger partial charge is 0.263 e. The molecule has 6 heteroatoms. The van der Waals surface area contributed by atoms with Crippen molar-refractivity contribution in [3.63, 3.8) is 0 Å². The largest absolute Gasteiger partial charge is 0.397 e. The van der Waals surface area contributed by atoms with Gasteiger partial charge in [-0.1, -0.05) is 13.8 Å². The minimum Gasteiger partial charge on any atom is -0.397 e. The second-order valence-corrected chi connectivity index (χ2v) is 6.24. The fourth-order valence-corrected chi connectivity index (χ4v) is 3.03. The third-order valence-electron chi connectivity index (χ3n) is 3.45. The third-order valence-corrected chi connectivity index (χ3v) is 4.72. The molecule has 0 saturated carbocycles. The molecule has 0 aliphatic carbocycles. The average molecular weight is 280 g/mol. The average Bonchev–Trinajstić information content (AvgIpc) is 2.79. The summed E-state index contributed by atoms with van der Waals surface area (Å²) < 4.78 is 1.77. The van der Waals surface area contributed by atoms with Gasteiger partial charge in [-0.25, -0.2) is 0 Å². The van der Waals surface area contributed by atoms with Crippen LogP contribution in [0.3, 0.4) is 0 Å². The van der Waals surface area contributed by atoms with Crippen LogP contribution in [0.1, 0.15) is 36.1 Å². The lowest BCUT2D eigenvalue weighted by Crippen LogP contribution is -2.35. The predicted molar refractivity (Wildman–Crippen MR) is 79.5 cm³/mol. The number of anilines is 1. The van der Waals surface area contributed by atoms with E-state index >= 15 is 0 Å². The van der Waals surface area contributed by atoms with Crippen molar-refractivity contribution in [3.05, 3.63) is 10.6 Å². The van der Waals surface area contributed by atoms with Gasteiger partial charge in [0.2, 0.25) is 0 Å². The number of rotatable bonds is 3. The lowest BCUT2D eigenvalue weighted by Gasteiger charge is -2.16. The number of aromatic nitrogens is 2. The summed E-state index contributed by atoms with van der Waals surface area (Å²) in [6.45, 7) is 8.06. The number of hydrogen-bond acceptors (Lipinski definition) is 4. The Hall–Kier alpha value is -1.56. The Balaban J connectivity index is 2.38. The highest BCUT2D eigenvalue weighted by Crippen LogP contribution is 2.35. The summed E-state index contributed by atoms with van der Waals surface area (Å²) in [5.74, 6) is 0.294. The van der Waals surface area contributed by atoms with Gasteiger partial charge >= 0.3 is 0 Å². The molecule has 0 saturated heterocycles. The zero-order valence-electron chi connectivity index (χ0n) is 11.9. The van der Waals surface area contributed by atoms with Crippen molar-refractivity contribution < 1.29 is 4.79 Å². The molecule has 0 fully saturated rings. The number of hydrogen-bond donors (Lipinski definition) is 2. The van der Waals surface area contributed by atoms with E-state index in [1.54, 1.807) is 4.68 Å². The molecule has 1 atom stereocenters. The lowest BCUT2D eigenvalue weighted by atomic mass is 10.1. The summed E-state index contributed by atoms with van der Waals surface area (Å²) in [5.41, 5.74) is 7.51. The Morgan fingerprint density at radius 2 is 2.05 bits per heavy atom. The van der Waals surface area contributed by atoms with Gasteiger partial charge in [0.15, 0.2) is 0 Å². The van der Waals surface area contributed by atoms with Crippen molar-refractivity contribution in [3.8, 4) is 0 Å². The van der Waals surface area contributed by atoms with E-state index in [-0.39, 0.29) is 11.9 Å². The van der Waals surface area contributed by atoms with Crippen LogP contribution in [0.2, 0.25) is 0 Å². The van der Waals surface area contributed by atoms with Crippen LogP contribution in [-0.4, -0.2) is 21.7 Å². The van der Waals surface area contributed by atoms with Crippen molar-refractivity contribution in [1.29, 1.82) is 0 Å². The number of nitrogens with two attached hydrogens (primary N) is 1. The van der Waals surface area contributed by atoms with Gasteiger partial charge in [0.25, 0.3) is 5.91 Å². The zero-order valence-corrected chi connectivity index (χ0v) is 12.8. The van der Waals surface area contributed by atoms with Crippen LogP contribution in [-0.2, 0) is 7.05 Å². The molecule has 2 aromatic heterocycles. The first kappa shape index (κ1) is 13.9. The molecule has 0 bridgehead atoms. The molecule has 0 aliphatic heterocycles.